The molecule has 1 rings (SSSR count). The molecule has 0 spiro atoms. The monoisotopic (exact) mass is 285 g/mol. The van der Waals surface area contributed by atoms with Crippen LogP contribution in [0.2, 0.25) is 5.02 Å². The molecule has 2 N–H and O–H groups in total. The molecule has 1 aromatic rings. The summed E-state index contributed by atoms with van der Waals surface area (Å²) < 4.78 is 5.72. The zero-order valence-electron chi connectivity index (χ0n) is 11.1. The fourth-order valence-corrected chi connectivity index (χ4v) is 2.18. The Kier molecular flexibility index (Phi) is 5.42. The SMILES string of the molecule is CC(C)(C)CCCOc1cccc(Cl)c1C(N)=S. The third kappa shape index (κ3) is 4.83. The summed E-state index contributed by atoms with van der Waals surface area (Å²) in [5.74, 6) is 0.670. The molecule has 18 heavy (non-hydrogen) atoms. The van der Waals surface area contributed by atoms with Crippen molar-refractivity contribution in [2.45, 2.75) is 33.6 Å². The van der Waals surface area contributed by atoms with Crippen LogP contribution >= 0.6 is 23.8 Å². The average Bonchev–Trinajstić information content (AvgIpc) is 2.22. The molecular weight excluding hydrogens is 266 g/mol. The number of thiocarbonyl (C=S) groups is 1. The van der Waals surface area contributed by atoms with Gasteiger partial charge in [-0.3, -0.25) is 0 Å². The van der Waals surface area contributed by atoms with Crippen LogP contribution in [0.1, 0.15) is 39.2 Å². The maximum absolute atomic E-state index is 6.06. The van der Waals surface area contributed by atoms with Gasteiger partial charge >= 0.3 is 0 Å². The lowest BCUT2D eigenvalue weighted by molar-refractivity contribution is 0.269. The van der Waals surface area contributed by atoms with Crippen LogP contribution in [0.15, 0.2) is 18.2 Å². The number of rotatable bonds is 5. The molecule has 0 aromatic heterocycles. The summed E-state index contributed by atoms with van der Waals surface area (Å²) >= 11 is 11.1. The van der Waals surface area contributed by atoms with Gasteiger partial charge in [-0.15, -0.1) is 0 Å². The number of hydrogen-bond donors (Lipinski definition) is 1. The molecular formula is C14H20ClNOS. The highest BCUT2D eigenvalue weighted by Crippen LogP contribution is 2.27. The normalized spacial score (nSPS) is 11.3. The Labute approximate surface area is 119 Å². The maximum atomic E-state index is 6.06. The van der Waals surface area contributed by atoms with E-state index in [-0.39, 0.29) is 4.99 Å². The van der Waals surface area contributed by atoms with Gasteiger partial charge in [-0.05, 0) is 30.4 Å². The first kappa shape index (κ1) is 15.3. The zero-order chi connectivity index (χ0) is 13.8. The minimum absolute atomic E-state index is 0.270. The molecule has 2 nitrogen and oxygen atoms in total. The third-order valence-electron chi connectivity index (χ3n) is 2.55. The van der Waals surface area contributed by atoms with Crippen molar-refractivity contribution in [3.8, 4) is 5.75 Å². The van der Waals surface area contributed by atoms with Crippen LogP contribution in [-0.4, -0.2) is 11.6 Å². The van der Waals surface area contributed by atoms with Gasteiger partial charge in [0.1, 0.15) is 10.7 Å². The summed E-state index contributed by atoms with van der Waals surface area (Å²) in [6.45, 7) is 7.29. The van der Waals surface area contributed by atoms with E-state index in [4.69, 9.17) is 34.3 Å². The van der Waals surface area contributed by atoms with Crippen LogP contribution in [0.25, 0.3) is 0 Å². The fraction of sp³-hybridized carbons (Fsp3) is 0.500. The van der Waals surface area contributed by atoms with Crippen LogP contribution in [0.5, 0.6) is 5.75 Å². The Morgan fingerprint density at radius 2 is 2.06 bits per heavy atom. The van der Waals surface area contributed by atoms with Crippen molar-refractivity contribution in [1.82, 2.24) is 0 Å². The van der Waals surface area contributed by atoms with Crippen LogP contribution in [0, 0.1) is 5.41 Å². The van der Waals surface area contributed by atoms with Gasteiger partial charge < -0.3 is 10.5 Å². The van der Waals surface area contributed by atoms with Crippen molar-refractivity contribution in [2.24, 2.45) is 11.1 Å². The van der Waals surface area contributed by atoms with E-state index in [1.807, 2.05) is 12.1 Å². The minimum atomic E-state index is 0.270. The molecule has 100 valence electrons. The maximum Gasteiger partial charge on any atom is 0.130 e. The predicted molar refractivity (Wildman–Crippen MR) is 81.5 cm³/mol. The van der Waals surface area contributed by atoms with Crippen LogP contribution < -0.4 is 10.5 Å². The lowest BCUT2D eigenvalue weighted by atomic mass is 9.91. The molecule has 0 aliphatic heterocycles. The molecule has 0 amide bonds. The lowest BCUT2D eigenvalue weighted by Crippen LogP contribution is -2.13. The number of hydrogen-bond acceptors (Lipinski definition) is 2. The fourth-order valence-electron chi connectivity index (χ4n) is 1.65. The molecule has 0 unspecified atom stereocenters. The Bertz CT molecular complexity index is 426. The second-order valence-corrected chi connectivity index (χ2v) is 6.34. The molecule has 0 saturated heterocycles. The highest BCUT2D eigenvalue weighted by atomic mass is 35.5. The van der Waals surface area contributed by atoms with Gasteiger partial charge in [-0.2, -0.15) is 0 Å². The molecule has 0 heterocycles. The second kappa shape index (κ2) is 6.39. The first-order valence-corrected chi connectivity index (χ1v) is 6.81. The van der Waals surface area contributed by atoms with Crippen LogP contribution in [0.4, 0.5) is 0 Å². The van der Waals surface area contributed by atoms with E-state index in [0.29, 0.717) is 28.4 Å². The summed E-state index contributed by atoms with van der Waals surface area (Å²) in [5.41, 5.74) is 6.61. The molecule has 0 bridgehead atoms. The summed E-state index contributed by atoms with van der Waals surface area (Å²) in [7, 11) is 0. The van der Waals surface area contributed by atoms with Gasteiger partial charge in [-0.1, -0.05) is 50.7 Å². The van der Waals surface area contributed by atoms with Crippen molar-refractivity contribution in [3.63, 3.8) is 0 Å². The van der Waals surface area contributed by atoms with Crippen molar-refractivity contribution in [2.75, 3.05) is 6.61 Å². The highest BCUT2D eigenvalue weighted by molar-refractivity contribution is 7.80. The summed E-state index contributed by atoms with van der Waals surface area (Å²) in [6.07, 6.45) is 2.10. The van der Waals surface area contributed by atoms with E-state index in [1.54, 1.807) is 6.07 Å². The first-order valence-electron chi connectivity index (χ1n) is 6.02. The molecule has 0 aliphatic rings. The van der Waals surface area contributed by atoms with Gasteiger partial charge in [0, 0.05) is 0 Å². The average molecular weight is 286 g/mol. The smallest absolute Gasteiger partial charge is 0.130 e. The van der Waals surface area contributed by atoms with E-state index in [1.165, 1.54) is 0 Å². The van der Waals surface area contributed by atoms with E-state index >= 15 is 0 Å². The summed E-state index contributed by atoms with van der Waals surface area (Å²) in [6, 6.07) is 5.44. The molecule has 0 aliphatic carbocycles. The first-order chi connectivity index (χ1) is 8.31. The van der Waals surface area contributed by atoms with Gasteiger partial charge in [0.15, 0.2) is 0 Å². The largest absolute Gasteiger partial charge is 0.493 e. The van der Waals surface area contributed by atoms with Crippen molar-refractivity contribution in [1.29, 1.82) is 0 Å². The van der Waals surface area contributed by atoms with E-state index < -0.39 is 0 Å². The highest BCUT2D eigenvalue weighted by Gasteiger charge is 2.12. The molecule has 0 radical (unpaired) electrons. The number of nitrogens with two attached hydrogens (primary N) is 1. The number of benzene rings is 1. The van der Waals surface area contributed by atoms with Gasteiger partial charge in [-0.25, -0.2) is 0 Å². The molecule has 4 heteroatoms. The van der Waals surface area contributed by atoms with Crippen LogP contribution in [-0.2, 0) is 0 Å². The lowest BCUT2D eigenvalue weighted by Gasteiger charge is -2.18. The standard InChI is InChI=1S/C14H20ClNOS/c1-14(2,3)8-5-9-17-11-7-4-6-10(15)12(11)13(16)18/h4,6-7H,5,8-9H2,1-3H3,(H2,16,18). The molecule has 1 aromatic carbocycles. The predicted octanol–water partition coefficient (Wildman–Crippen LogP) is 4.18. The Balaban J connectivity index is 2.63. The van der Waals surface area contributed by atoms with Crippen molar-refractivity contribution >= 4 is 28.8 Å². The molecule has 0 fully saturated rings. The van der Waals surface area contributed by atoms with Gasteiger partial charge in [0.25, 0.3) is 0 Å². The summed E-state index contributed by atoms with van der Waals surface area (Å²) in [4.78, 5) is 0.270. The van der Waals surface area contributed by atoms with E-state index in [9.17, 15) is 0 Å². The van der Waals surface area contributed by atoms with Crippen LogP contribution in [0.3, 0.4) is 0 Å². The number of halogens is 1. The Hall–Kier alpha value is -0.800. The number of ether oxygens (including phenoxy) is 1. The van der Waals surface area contributed by atoms with Gasteiger partial charge in [0.05, 0.1) is 17.2 Å². The molecule has 0 atom stereocenters. The third-order valence-corrected chi connectivity index (χ3v) is 3.07. The van der Waals surface area contributed by atoms with Crippen molar-refractivity contribution in [3.05, 3.63) is 28.8 Å². The minimum Gasteiger partial charge on any atom is -0.493 e. The topological polar surface area (TPSA) is 35.2 Å². The second-order valence-electron chi connectivity index (χ2n) is 5.49. The van der Waals surface area contributed by atoms with Crippen molar-refractivity contribution < 1.29 is 4.74 Å². The summed E-state index contributed by atoms with van der Waals surface area (Å²) in [5, 5.41) is 0.538. The Morgan fingerprint density at radius 3 is 2.61 bits per heavy atom. The Morgan fingerprint density at radius 1 is 1.39 bits per heavy atom. The van der Waals surface area contributed by atoms with E-state index in [2.05, 4.69) is 20.8 Å². The van der Waals surface area contributed by atoms with Gasteiger partial charge in [0.2, 0.25) is 0 Å². The quantitative estimate of drug-likeness (QED) is 0.651. The van der Waals surface area contributed by atoms with E-state index in [0.717, 1.165) is 12.8 Å². The molecule has 0 saturated carbocycles. The zero-order valence-corrected chi connectivity index (χ0v) is 12.7.